The molecule has 1 N–H and O–H groups in total. The van der Waals surface area contributed by atoms with Crippen molar-refractivity contribution >= 4 is 11.9 Å². The summed E-state index contributed by atoms with van der Waals surface area (Å²) in [5.74, 6) is -0.737. The maximum Gasteiger partial charge on any atom is 0.303 e. The van der Waals surface area contributed by atoms with Crippen molar-refractivity contribution in [1.29, 1.82) is 0 Å². The van der Waals surface area contributed by atoms with Gasteiger partial charge in [-0.2, -0.15) is 0 Å². The summed E-state index contributed by atoms with van der Waals surface area (Å²) in [6.07, 6.45) is 1.66. The van der Waals surface area contributed by atoms with Gasteiger partial charge in [0, 0.05) is 33.0 Å². The van der Waals surface area contributed by atoms with Gasteiger partial charge in [-0.3, -0.25) is 9.59 Å². The minimum atomic E-state index is -0.811. The molecule has 1 saturated heterocycles. The zero-order valence-corrected chi connectivity index (χ0v) is 10.8. The Hall–Kier alpha value is -1.14. The first-order chi connectivity index (χ1) is 8.63. The lowest BCUT2D eigenvalue weighted by Crippen LogP contribution is -2.47. The van der Waals surface area contributed by atoms with Crippen LogP contribution in [0.5, 0.6) is 0 Å². The minimum absolute atomic E-state index is 0.0493. The highest BCUT2D eigenvalue weighted by Gasteiger charge is 2.23. The lowest BCUT2D eigenvalue weighted by Gasteiger charge is -2.32. The van der Waals surface area contributed by atoms with Gasteiger partial charge in [0.15, 0.2) is 0 Å². The van der Waals surface area contributed by atoms with Crippen LogP contribution in [0.3, 0.4) is 0 Å². The number of carboxylic acids is 1. The first-order valence-corrected chi connectivity index (χ1v) is 6.23. The van der Waals surface area contributed by atoms with Crippen LogP contribution in [0.25, 0.3) is 0 Å². The number of unbranched alkanes of at least 4 members (excludes halogenated alkanes) is 1. The molecule has 1 amide bonds. The van der Waals surface area contributed by atoms with Crippen LogP contribution in [0.1, 0.15) is 25.7 Å². The Morgan fingerprint density at radius 1 is 1.39 bits per heavy atom. The summed E-state index contributed by atoms with van der Waals surface area (Å²) in [5, 5.41) is 8.50. The Bertz CT molecular complexity index is 280. The molecule has 0 aromatic carbocycles. The Labute approximate surface area is 107 Å². The second kappa shape index (κ2) is 8.05. The summed E-state index contributed by atoms with van der Waals surface area (Å²) in [6.45, 7) is 2.20. The SMILES string of the molecule is COCC1CN(C(=O)CCCCC(=O)O)CCO1. The molecular formula is C12H21NO5. The second-order valence-corrected chi connectivity index (χ2v) is 4.39. The van der Waals surface area contributed by atoms with Gasteiger partial charge in [0.2, 0.25) is 5.91 Å². The number of hydrogen-bond donors (Lipinski definition) is 1. The van der Waals surface area contributed by atoms with E-state index in [1.807, 2.05) is 0 Å². The van der Waals surface area contributed by atoms with Gasteiger partial charge < -0.3 is 19.5 Å². The molecule has 0 spiro atoms. The van der Waals surface area contributed by atoms with Crippen molar-refractivity contribution in [3.63, 3.8) is 0 Å². The first kappa shape index (κ1) is 14.9. The van der Waals surface area contributed by atoms with Gasteiger partial charge in [0.25, 0.3) is 0 Å². The number of carboxylic acid groups (broad SMARTS) is 1. The van der Waals surface area contributed by atoms with Crippen LogP contribution in [0.4, 0.5) is 0 Å². The predicted molar refractivity (Wildman–Crippen MR) is 64.3 cm³/mol. The Morgan fingerprint density at radius 2 is 2.11 bits per heavy atom. The molecule has 1 atom stereocenters. The van der Waals surface area contributed by atoms with E-state index < -0.39 is 5.97 Å². The maximum absolute atomic E-state index is 11.9. The third kappa shape index (κ3) is 5.46. The highest BCUT2D eigenvalue weighted by molar-refractivity contribution is 5.76. The largest absolute Gasteiger partial charge is 0.481 e. The molecule has 18 heavy (non-hydrogen) atoms. The third-order valence-corrected chi connectivity index (χ3v) is 2.88. The molecule has 1 aliphatic rings. The number of carbonyl (C=O) groups excluding carboxylic acids is 1. The molecule has 0 aromatic rings. The fraction of sp³-hybridized carbons (Fsp3) is 0.833. The fourth-order valence-corrected chi connectivity index (χ4v) is 1.94. The number of rotatable bonds is 7. The van der Waals surface area contributed by atoms with E-state index in [4.69, 9.17) is 14.6 Å². The smallest absolute Gasteiger partial charge is 0.303 e. The van der Waals surface area contributed by atoms with E-state index >= 15 is 0 Å². The number of aliphatic carboxylic acids is 1. The van der Waals surface area contributed by atoms with Gasteiger partial charge >= 0.3 is 5.97 Å². The Morgan fingerprint density at radius 3 is 2.78 bits per heavy atom. The van der Waals surface area contributed by atoms with E-state index in [0.29, 0.717) is 45.6 Å². The van der Waals surface area contributed by atoms with Gasteiger partial charge in [-0.15, -0.1) is 0 Å². The van der Waals surface area contributed by atoms with E-state index in [2.05, 4.69) is 0 Å². The van der Waals surface area contributed by atoms with Crippen molar-refractivity contribution in [2.24, 2.45) is 0 Å². The number of carbonyl (C=O) groups is 2. The van der Waals surface area contributed by atoms with Crippen molar-refractivity contribution in [2.75, 3.05) is 33.4 Å². The van der Waals surface area contributed by atoms with Gasteiger partial charge in [-0.1, -0.05) is 0 Å². The summed E-state index contributed by atoms with van der Waals surface area (Å²) in [7, 11) is 1.61. The van der Waals surface area contributed by atoms with Crippen molar-refractivity contribution in [2.45, 2.75) is 31.8 Å². The molecule has 0 aromatic heterocycles. The van der Waals surface area contributed by atoms with E-state index in [1.54, 1.807) is 12.0 Å². The topological polar surface area (TPSA) is 76.1 Å². The van der Waals surface area contributed by atoms with Gasteiger partial charge in [0.05, 0.1) is 19.3 Å². The molecule has 6 heteroatoms. The molecule has 1 aliphatic heterocycles. The van der Waals surface area contributed by atoms with Crippen molar-refractivity contribution in [1.82, 2.24) is 4.90 Å². The second-order valence-electron chi connectivity index (χ2n) is 4.39. The van der Waals surface area contributed by atoms with E-state index in [-0.39, 0.29) is 18.4 Å². The van der Waals surface area contributed by atoms with E-state index in [0.717, 1.165) is 0 Å². The van der Waals surface area contributed by atoms with Crippen LogP contribution < -0.4 is 0 Å². The molecule has 104 valence electrons. The number of amides is 1. The molecule has 0 aliphatic carbocycles. The molecule has 0 saturated carbocycles. The van der Waals surface area contributed by atoms with Gasteiger partial charge in [-0.05, 0) is 12.8 Å². The quantitative estimate of drug-likeness (QED) is 0.674. The average molecular weight is 259 g/mol. The van der Waals surface area contributed by atoms with Crippen LogP contribution >= 0.6 is 0 Å². The predicted octanol–water partition coefficient (Wildman–Crippen LogP) is 0.505. The van der Waals surface area contributed by atoms with Crippen molar-refractivity contribution < 1.29 is 24.2 Å². The number of ether oxygens (including phenoxy) is 2. The number of morpholine rings is 1. The first-order valence-electron chi connectivity index (χ1n) is 6.23. The number of methoxy groups -OCH3 is 1. The van der Waals surface area contributed by atoms with Crippen LogP contribution in [-0.2, 0) is 19.1 Å². The number of nitrogens with zero attached hydrogens (tertiary/aromatic N) is 1. The highest BCUT2D eigenvalue weighted by Crippen LogP contribution is 2.09. The minimum Gasteiger partial charge on any atom is -0.481 e. The molecule has 1 heterocycles. The molecule has 1 rings (SSSR count). The van der Waals surface area contributed by atoms with Crippen LogP contribution in [0.2, 0.25) is 0 Å². The summed E-state index contributed by atoms with van der Waals surface area (Å²) >= 11 is 0. The molecule has 0 bridgehead atoms. The fourth-order valence-electron chi connectivity index (χ4n) is 1.94. The third-order valence-electron chi connectivity index (χ3n) is 2.88. The van der Waals surface area contributed by atoms with Crippen molar-refractivity contribution in [3.8, 4) is 0 Å². The van der Waals surface area contributed by atoms with Gasteiger partial charge in [-0.25, -0.2) is 0 Å². The number of hydrogen-bond acceptors (Lipinski definition) is 4. The zero-order chi connectivity index (χ0) is 13.4. The summed E-state index contributed by atoms with van der Waals surface area (Å²) < 4.78 is 10.5. The summed E-state index contributed by atoms with van der Waals surface area (Å²) in [5.41, 5.74) is 0. The molecular weight excluding hydrogens is 238 g/mol. The highest BCUT2D eigenvalue weighted by atomic mass is 16.5. The Balaban J connectivity index is 2.21. The van der Waals surface area contributed by atoms with Gasteiger partial charge in [0.1, 0.15) is 0 Å². The van der Waals surface area contributed by atoms with E-state index in [9.17, 15) is 9.59 Å². The van der Waals surface area contributed by atoms with Crippen LogP contribution in [-0.4, -0.2) is 61.4 Å². The van der Waals surface area contributed by atoms with Crippen LogP contribution in [0, 0.1) is 0 Å². The average Bonchev–Trinajstić information content (AvgIpc) is 2.35. The molecule has 1 unspecified atom stereocenters. The zero-order valence-electron chi connectivity index (χ0n) is 10.8. The lowest BCUT2D eigenvalue weighted by molar-refractivity contribution is -0.141. The summed E-state index contributed by atoms with van der Waals surface area (Å²) in [6, 6.07) is 0. The molecule has 6 nitrogen and oxygen atoms in total. The molecule has 1 fully saturated rings. The lowest BCUT2D eigenvalue weighted by atomic mass is 10.1. The Kier molecular flexibility index (Phi) is 6.67. The van der Waals surface area contributed by atoms with Crippen molar-refractivity contribution in [3.05, 3.63) is 0 Å². The standard InChI is InChI=1S/C12H21NO5/c1-17-9-10-8-13(6-7-18-10)11(14)4-2-3-5-12(15)16/h10H,2-9H2,1H3,(H,15,16). The maximum atomic E-state index is 11.9. The van der Waals surface area contributed by atoms with E-state index in [1.165, 1.54) is 0 Å². The summed E-state index contributed by atoms with van der Waals surface area (Å²) in [4.78, 5) is 24.0. The van der Waals surface area contributed by atoms with Crippen LogP contribution in [0.15, 0.2) is 0 Å². The molecule has 0 radical (unpaired) electrons. The monoisotopic (exact) mass is 259 g/mol. The normalized spacial score (nSPS) is 19.8.